The number of hydrogen-bond donors (Lipinski definition) is 2. The number of anilines is 1. The Bertz CT molecular complexity index is 2150. The van der Waals surface area contributed by atoms with Gasteiger partial charge in [0.05, 0.1) is 35.6 Å². The highest BCUT2D eigenvalue weighted by Crippen LogP contribution is 2.44. The summed E-state index contributed by atoms with van der Waals surface area (Å²) in [6.45, 7) is 6.01. The number of aromatic nitrogens is 2. The molecule has 56 heavy (non-hydrogen) atoms. The van der Waals surface area contributed by atoms with Gasteiger partial charge in [0, 0.05) is 105 Å². The van der Waals surface area contributed by atoms with Crippen molar-refractivity contribution in [3.8, 4) is 34.0 Å². The van der Waals surface area contributed by atoms with Crippen molar-refractivity contribution in [3.05, 3.63) is 87.7 Å². The van der Waals surface area contributed by atoms with Crippen LogP contribution in [0.15, 0.2) is 60.8 Å². The molecule has 0 radical (unpaired) electrons. The Morgan fingerprint density at radius 3 is 2.16 bits per heavy atom. The number of carbonyl (C=O) groups is 2. The Hall–Kier alpha value is -4.47. The lowest BCUT2D eigenvalue weighted by atomic mass is 9.72. The van der Waals surface area contributed by atoms with E-state index in [0.29, 0.717) is 56.8 Å². The van der Waals surface area contributed by atoms with Crippen molar-refractivity contribution in [3.63, 3.8) is 0 Å². The summed E-state index contributed by atoms with van der Waals surface area (Å²) in [6.07, 6.45) is -4.11. The van der Waals surface area contributed by atoms with Crippen LogP contribution in [0.3, 0.4) is 0 Å². The third-order valence-corrected chi connectivity index (χ3v) is 11.8. The number of piperidine rings is 1. The number of ether oxygens (including phenoxy) is 2. The Balaban J connectivity index is 1.03. The third kappa shape index (κ3) is 7.77. The lowest BCUT2D eigenvalue weighted by Gasteiger charge is -2.60. The average molecular weight is 814 g/mol. The number of amides is 2. The van der Waals surface area contributed by atoms with E-state index < -0.39 is 30.5 Å². The molecular formula is C40H41Cl2F3N6O5. The molecule has 1 spiro atoms. The first-order chi connectivity index (χ1) is 26.6. The number of alkyl halides is 3. The molecule has 2 aromatic carbocycles. The van der Waals surface area contributed by atoms with Crippen LogP contribution in [0.2, 0.25) is 10.0 Å². The van der Waals surface area contributed by atoms with Gasteiger partial charge in [-0.1, -0.05) is 59.6 Å². The normalized spacial score (nSPS) is 17.9. The summed E-state index contributed by atoms with van der Waals surface area (Å²) in [5.41, 5.74) is 1.85. The third-order valence-electron chi connectivity index (χ3n) is 11.0. The van der Waals surface area contributed by atoms with Gasteiger partial charge >= 0.3 is 6.18 Å². The molecule has 11 nitrogen and oxygen atoms in total. The first kappa shape index (κ1) is 39.8. The Morgan fingerprint density at radius 2 is 1.52 bits per heavy atom. The SMILES string of the molecule is COc1cc(C(=O)Nc2cccc(-c3cccc(-c4ccc(CN5CC6(C5)CN(C(C)=O)C6)c(OC)n4)c3Cl)c2Cl)ncc1CN1CCC(O)(C(F)(F)F)CC1. The van der Waals surface area contributed by atoms with Crippen LogP contribution in [-0.2, 0) is 17.9 Å². The molecule has 7 rings (SSSR count). The van der Waals surface area contributed by atoms with Crippen LogP contribution in [-0.4, -0.2) is 107 Å². The van der Waals surface area contributed by atoms with Gasteiger partial charge in [0.2, 0.25) is 11.8 Å². The number of carbonyl (C=O) groups excluding carboxylic acids is 2. The van der Waals surface area contributed by atoms with Crippen molar-refractivity contribution in [1.29, 1.82) is 0 Å². The highest BCUT2D eigenvalue weighted by molar-refractivity contribution is 6.39. The zero-order valence-electron chi connectivity index (χ0n) is 31.1. The minimum atomic E-state index is -4.69. The summed E-state index contributed by atoms with van der Waals surface area (Å²) in [5, 5.41) is 13.5. The molecule has 0 aliphatic carbocycles. The second kappa shape index (κ2) is 15.5. The molecule has 2 aromatic heterocycles. The number of nitrogens with zero attached hydrogens (tertiary/aromatic N) is 5. The van der Waals surface area contributed by atoms with Crippen LogP contribution in [0.25, 0.3) is 22.4 Å². The maximum atomic E-state index is 13.4. The van der Waals surface area contributed by atoms with Crippen LogP contribution in [0.1, 0.15) is 41.4 Å². The number of likely N-dealkylation sites (tertiary alicyclic amines) is 3. The number of pyridine rings is 2. The molecule has 5 heterocycles. The van der Waals surface area contributed by atoms with Crippen molar-refractivity contribution in [2.75, 3.05) is 58.8 Å². The van der Waals surface area contributed by atoms with Crippen molar-refractivity contribution < 1.29 is 37.3 Å². The van der Waals surface area contributed by atoms with Crippen molar-refractivity contribution in [1.82, 2.24) is 24.7 Å². The second-order valence-corrected chi connectivity index (χ2v) is 15.6. The maximum Gasteiger partial charge on any atom is 0.417 e. The molecule has 3 aliphatic rings. The van der Waals surface area contributed by atoms with Gasteiger partial charge < -0.3 is 24.8 Å². The predicted molar refractivity (Wildman–Crippen MR) is 206 cm³/mol. The minimum Gasteiger partial charge on any atom is -0.496 e. The van der Waals surface area contributed by atoms with E-state index >= 15 is 0 Å². The summed E-state index contributed by atoms with van der Waals surface area (Å²) >= 11 is 14.0. The Labute approximate surface area is 332 Å². The molecule has 2 amide bonds. The van der Waals surface area contributed by atoms with Gasteiger partial charge in [-0.05, 0) is 25.0 Å². The number of benzene rings is 2. The monoisotopic (exact) mass is 812 g/mol. The molecule has 296 valence electrons. The molecule has 0 unspecified atom stereocenters. The number of aliphatic hydroxyl groups is 1. The van der Waals surface area contributed by atoms with Gasteiger partial charge in [0.1, 0.15) is 11.4 Å². The van der Waals surface area contributed by atoms with Crippen molar-refractivity contribution >= 4 is 40.7 Å². The number of methoxy groups -OCH3 is 2. The highest BCUT2D eigenvalue weighted by atomic mass is 35.5. The average Bonchev–Trinajstić information content (AvgIpc) is 3.13. The number of rotatable bonds is 10. The van der Waals surface area contributed by atoms with Gasteiger partial charge in [0.15, 0.2) is 5.60 Å². The molecule has 16 heteroatoms. The predicted octanol–water partition coefficient (Wildman–Crippen LogP) is 6.94. The fourth-order valence-electron chi connectivity index (χ4n) is 7.82. The van der Waals surface area contributed by atoms with Crippen LogP contribution in [0.4, 0.5) is 18.9 Å². The fraction of sp³-hybridized carbons (Fsp3) is 0.400. The van der Waals surface area contributed by atoms with E-state index in [1.54, 1.807) is 37.1 Å². The summed E-state index contributed by atoms with van der Waals surface area (Å²) < 4.78 is 51.0. The summed E-state index contributed by atoms with van der Waals surface area (Å²) in [6, 6.07) is 16.1. The molecule has 0 atom stereocenters. The van der Waals surface area contributed by atoms with Gasteiger partial charge in [-0.2, -0.15) is 13.2 Å². The fourth-order valence-corrected chi connectivity index (χ4v) is 8.42. The molecule has 0 saturated carbocycles. The number of nitrogens with one attached hydrogen (secondary N) is 1. The zero-order chi connectivity index (χ0) is 40.0. The van der Waals surface area contributed by atoms with E-state index in [9.17, 15) is 27.9 Å². The van der Waals surface area contributed by atoms with Gasteiger partial charge in [-0.15, -0.1) is 0 Å². The van der Waals surface area contributed by atoms with Gasteiger partial charge in [-0.25, -0.2) is 4.98 Å². The zero-order valence-corrected chi connectivity index (χ0v) is 32.6. The lowest BCUT2D eigenvalue weighted by molar-refractivity contribution is -0.272. The van der Waals surface area contributed by atoms with Crippen LogP contribution < -0.4 is 14.8 Å². The molecule has 3 fully saturated rings. The summed E-state index contributed by atoms with van der Waals surface area (Å²) in [4.78, 5) is 40.1. The topological polar surface area (TPSA) is 120 Å². The van der Waals surface area contributed by atoms with Crippen molar-refractivity contribution in [2.24, 2.45) is 5.41 Å². The van der Waals surface area contributed by atoms with E-state index in [4.69, 9.17) is 37.7 Å². The molecule has 2 N–H and O–H groups in total. The Morgan fingerprint density at radius 1 is 0.875 bits per heavy atom. The lowest BCUT2D eigenvalue weighted by Crippen LogP contribution is -2.72. The molecular weight excluding hydrogens is 772 g/mol. The standard InChI is InChI=1S/C40H41Cl2F3N6O5/c1-24(52)51-22-38(23-51)20-50(21-38)18-25-10-11-30(48-37(25)56-3)29-8-4-6-27(34(29)41)28-7-5-9-31(35(28)42)47-36(53)32-16-33(55-2)26(17-46-32)19-49-14-12-39(54,13-15-49)40(43,44)45/h4-11,16-17,54H,12-15,18-23H2,1-3H3,(H,47,53). The number of halogens is 5. The van der Waals surface area contributed by atoms with Gasteiger partial charge in [0.25, 0.3) is 5.91 Å². The molecule has 0 bridgehead atoms. The molecule has 4 aromatic rings. The van der Waals surface area contributed by atoms with Crippen LogP contribution in [0, 0.1) is 5.41 Å². The van der Waals surface area contributed by atoms with E-state index in [-0.39, 0.29) is 41.7 Å². The van der Waals surface area contributed by atoms with Crippen molar-refractivity contribution in [2.45, 2.75) is 44.6 Å². The van der Waals surface area contributed by atoms with E-state index in [1.807, 2.05) is 35.2 Å². The smallest absolute Gasteiger partial charge is 0.417 e. The molecule has 3 saturated heterocycles. The minimum absolute atomic E-state index is 0.0319. The van der Waals surface area contributed by atoms with E-state index in [0.717, 1.165) is 31.7 Å². The first-order valence-corrected chi connectivity index (χ1v) is 18.8. The number of hydrogen-bond acceptors (Lipinski definition) is 9. The quantitative estimate of drug-likeness (QED) is 0.176. The largest absolute Gasteiger partial charge is 0.496 e. The maximum absolute atomic E-state index is 13.4. The molecule has 3 aliphatic heterocycles. The Kier molecular flexibility index (Phi) is 11.0. The van der Waals surface area contributed by atoms with Gasteiger partial charge in [-0.3, -0.25) is 24.4 Å². The summed E-state index contributed by atoms with van der Waals surface area (Å²) in [7, 11) is 3.02. The highest BCUT2D eigenvalue weighted by Gasteiger charge is 2.54. The van der Waals surface area contributed by atoms with Crippen LogP contribution >= 0.6 is 23.2 Å². The second-order valence-electron chi connectivity index (χ2n) is 14.9. The van der Waals surface area contributed by atoms with E-state index in [2.05, 4.69) is 15.2 Å². The summed E-state index contributed by atoms with van der Waals surface area (Å²) in [5.74, 6) is 0.395. The van der Waals surface area contributed by atoms with Crippen LogP contribution in [0.5, 0.6) is 11.6 Å². The first-order valence-electron chi connectivity index (χ1n) is 18.1. The van der Waals surface area contributed by atoms with E-state index in [1.165, 1.54) is 19.4 Å².